The van der Waals surface area contributed by atoms with Crippen molar-refractivity contribution in [3.8, 4) is 0 Å². The van der Waals surface area contributed by atoms with E-state index in [1.54, 1.807) is 0 Å². The van der Waals surface area contributed by atoms with Crippen LogP contribution in [0.3, 0.4) is 0 Å². The SMILES string of the molecule is C=C1C(=O)C[C@@H](OCOC)[C@H]2OC(C)(C)O[C@H]12. The monoisotopic (exact) mass is 242 g/mol. The number of Topliss-reactive ketones (excluding diaryl/α,β-unsaturated/α-hetero) is 1. The Hall–Kier alpha value is -0.750. The highest BCUT2D eigenvalue weighted by Gasteiger charge is 2.51. The number of ether oxygens (including phenoxy) is 4. The fourth-order valence-corrected chi connectivity index (χ4v) is 2.23. The van der Waals surface area contributed by atoms with Crippen LogP contribution >= 0.6 is 0 Å². The van der Waals surface area contributed by atoms with Crippen LogP contribution in [-0.4, -0.2) is 43.8 Å². The Bertz CT molecular complexity index is 336. The van der Waals surface area contributed by atoms with Crippen molar-refractivity contribution < 1.29 is 23.7 Å². The maximum atomic E-state index is 11.8. The van der Waals surface area contributed by atoms with Gasteiger partial charge >= 0.3 is 0 Å². The molecule has 1 aliphatic carbocycles. The lowest BCUT2D eigenvalue weighted by atomic mass is 9.87. The van der Waals surface area contributed by atoms with Gasteiger partial charge in [0.25, 0.3) is 0 Å². The molecule has 5 heteroatoms. The Kier molecular flexibility index (Phi) is 3.36. The molecule has 0 aromatic carbocycles. The van der Waals surface area contributed by atoms with Gasteiger partial charge in [-0.25, -0.2) is 0 Å². The van der Waals surface area contributed by atoms with Crippen molar-refractivity contribution >= 4 is 5.78 Å². The zero-order valence-electron chi connectivity index (χ0n) is 10.4. The average Bonchev–Trinajstić information content (AvgIpc) is 2.58. The van der Waals surface area contributed by atoms with E-state index in [9.17, 15) is 4.79 Å². The lowest BCUT2D eigenvalue weighted by Crippen LogP contribution is -2.46. The first-order valence-electron chi connectivity index (χ1n) is 5.63. The number of ketones is 1. The van der Waals surface area contributed by atoms with Crippen molar-refractivity contribution in [3.63, 3.8) is 0 Å². The maximum absolute atomic E-state index is 11.8. The fourth-order valence-electron chi connectivity index (χ4n) is 2.23. The van der Waals surface area contributed by atoms with Gasteiger partial charge < -0.3 is 18.9 Å². The Balaban J connectivity index is 2.15. The third-order valence-corrected chi connectivity index (χ3v) is 2.98. The summed E-state index contributed by atoms with van der Waals surface area (Å²) in [7, 11) is 1.54. The maximum Gasteiger partial charge on any atom is 0.164 e. The molecule has 5 nitrogen and oxygen atoms in total. The predicted octanol–water partition coefficient (Wildman–Crippen LogP) is 1.02. The molecule has 17 heavy (non-hydrogen) atoms. The van der Waals surface area contributed by atoms with E-state index >= 15 is 0 Å². The van der Waals surface area contributed by atoms with Crippen LogP contribution in [-0.2, 0) is 23.7 Å². The molecule has 2 fully saturated rings. The minimum Gasteiger partial charge on any atom is -0.359 e. The molecule has 0 aromatic heterocycles. The van der Waals surface area contributed by atoms with Crippen LogP contribution in [0.15, 0.2) is 12.2 Å². The van der Waals surface area contributed by atoms with Gasteiger partial charge in [0, 0.05) is 19.1 Å². The van der Waals surface area contributed by atoms with E-state index in [1.807, 2.05) is 13.8 Å². The smallest absolute Gasteiger partial charge is 0.164 e. The molecule has 1 saturated carbocycles. The van der Waals surface area contributed by atoms with Gasteiger partial charge in [-0.15, -0.1) is 0 Å². The normalized spacial score (nSPS) is 36.1. The zero-order chi connectivity index (χ0) is 12.6. The van der Waals surface area contributed by atoms with Crippen molar-refractivity contribution in [3.05, 3.63) is 12.2 Å². The number of rotatable bonds is 3. The van der Waals surface area contributed by atoms with Crippen molar-refractivity contribution in [2.24, 2.45) is 0 Å². The van der Waals surface area contributed by atoms with Crippen LogP contribution in [0.2, 0.25) is 0 Å². The summed E-state index contributed by atoms with van der Waals surface area (Å²) in [6.45, 7) is 7.55. The summed E-state index contributed by atoms with van der Waals surface area (Å²) in [5.41, 5.74) is 0.470. The number of hydrogen-bond acceptors (Lipinski definition) is 5. The second-order valence-corrected chi connectivity index (χ2v) is 4.78. The van der Waals surface area contributed by atoms with Gasteiger partial charge in [-0.2, -0.15) is 0 Å². The topological polar surface area (TPSA) is 54.0 Å². The largest absolute Gasteiger partial charge is 0.359 e. The van der Waals surface area contributed by atoms with Gasteiger partial charge in [-0.05, 0) is 13.8 Å². The molecule has 0 amide bonds. The first-order valence-corrected chi connectivity index (χ1v) is 5.63. The summed E-state index contributed by atoms with van der Waals surface area (Å²) in [5.74, 6) is -0.744. The lowest BCUT2D eigenvalue weighted by Gasteiger charge is -2.31. The van der Waals surface area contributed by atoms with Gasteiger partial charge in [0.1, 0.15) is 19.0 Å². The molecular weight excluding hydrogens is 224 g/mol. The second-order valence-electron chi connectivity index (χ2n) is 4.78. The third kappa shape index (κ3) is 2.42. The number of carbonyl (C=O) groups is 1. The number of fused-ring (bicyclic) bond motifs is 1. The summed E-state index contributed by atoms with van der Waals surface area (Å²) < 4.78 is 21.8. The molecule has 0 spiro atoms. The Labute approximate surface area is 101 Å². The molecular formula is C12H18O5. The molecule has 0 unspecified atom stereocenters. The summed E-state index contributed by atoms with van der Waals surface area (Å²) in [4.78, 5) is 11.8. The van der Waals surface area contributed by atoms with Gasteiger partial charge in [0.15, 0.2) is 11.6 Å². The van der Waals surface area contributed by atoms with Gasteiger partial charge in [-0.3, -0.25) is 4.79 Å². The molecule has 0 bridgehead atoms. The third-order valence-electron chi connectivity index (χ3n) is 2.98. The van der Waals surface area contributed by atoms with E-state index in [0.29, 0.717) is 5.57 Å². The minimum absolute atomic E-state index is 0.0337. The highest BCUT2D eigenvalue weighted by molar-refractivity contribution is 5.97. The van der Waals surface area contributed by atoms with Crippen LogP contribution < -0.4 is 0 Å². The van der Waals surface area contributed by atoms with Crippen molar-refractivity contribution in [2.75, 3.05) is 13.9 Å². The Morgan fingerprint density at radius 1 is 1.47 bits per heavy atom. The first-order chi connectivity index (χ1) is 7.94. The van der Waals surface area contributed by atoms with Crippen LogP contribution in [0.25, 0.3) is 0 Å². The first kappa shape index (κ1) is 12.7. The van der Waals surface area contributed by atoms with E-state index in [0.717, 1.165) is 0 Å². The Morgan fingerprint density at radius 3 is 2.82 bits per heavy atom. The van der Waals surface area contributed by atoms with Crippen LogP contribution in [0.1, 0.15) is 20.3 Å². The summed E-state index contributed by atoms with van der Waals surface area (Å²) in [6, 6.07) is 0. The molecule has 1 saturated heterocycles. The molecule has 0 N–H and O–H groups in total. The van der Waals surface area contributed by atoms with Crippen molar-refractivity contribution in [1.82, 2.24) is 0 Å². The van der Waals surface area contributed by atoms with Crippen LogP contribution in [0, 0.1) is 0 Å². The standard InChI is InChI=1S/C12H18O5/c1-7-8(13)5-9(15-6-14-4)11-10(7)16-12(2,3)17-11/h9-11H,1,5-6H2,2-4H3/t9-,10-,11-/m1/s1. The highest BCUT2D eigenvalue weighted by atomic mass is 16.8. The summed E-state index contributed by atoms with van der Waals surface area (Å²) in [5, 5.41) is 0. The van der Waals surface area contributed by atoms with Crippen LogP contribution in [0.4, 0.5) is 0 Å². The highest BCUT2D eigenvalue weighted by Crippen LogP contribution is 2.38. The Morgan fingerprint density at radius 2 is 2.18 bits per heavy atom. The molecule has 0 radical (unpaired) electrons. The van der Waals surface area contributed by atoms with E-state index in [4.69, 9.17) is 18.9 Å². The molecule has 2 aliphatic rings. The van der Waals surface area contributed by atoms with Crippen LogP contribution in [0.5, 0.6) is 0 Å². The summed E-state index contributed by atoms with van der Waals surface area (Å²) >= 11 is 0. The van der Waals surface area contributed by atoms with E-state index in [-0.39, 0.29) is 31.2 Å². The van der Waals surface area contributed by atoms with E-state index in [1.165, 1.54) is 7.11 Å². The molecule has 1 aliphatic heterocycles. The predicted molar refractivity (Wildman–Crippen MR) is 59.3 cm³/mol. The summed E-state index contributed by atoms with van der Waals surface area (Å²) in [6.07, 6.45) is -0.763. The number of hydrogen-bond donors (Lipinski definition) is 0. The zero-order valence-corrected chi connectivity index (χ0v) is 10.4. The van der Waals surface area contributed by atoms with Gasteiger partial charge in [-0.1, -0.05) is 6.58 Å². The number of carbonyl (C=O) groups excluding carboxylic acids is 1. The van der Waals surface area contributed by atoms with Gasteiger partial charge in [0.2, 0.25) is 0 Å². The molecule has 2 rings (SSSR count). The molecule has 0 aromatic rings. The van der Waals surface area contributed by atoms with Crippen molar-refractivity contribution in [1.29, 1.82) is 0 Å². The average molecular weight is 242 g/mol. The van der Waals surface area contributed by atoms with Crippen molar-refractivity contribution in [2.45, 2.75) is 44.4 Å². The molecule has 96 valence electrons. The lowest BCUT2D eigenvalue weighted by molar-refractivity contribution is -0.170. The van der Waals surface area contributed by atoms with Gasteiger partial charge in [0.05, 0.1) is 6.10 Å². The number of methoxy groups -OCH3 is 1. The van der Waals surface area contributed by atoms with E-state index in [2.05, 4.69) is 6.58 Å². The minimum atomic E-state index is -0.711. The fraction of sp³-hybridized carbons (Fsp3) is 0.750. The second kappa shape index (κ2) is 4.49. The van der Waals surface area contributed by atoms with E-state index < -0.39 is 11.9 Å². The molecule has 3 atom stereocenters. The molecule has 1 heterocycles. The quantitative estimate of drug-likeness (QED) is 0.546.